The predicted octanol–water partition coefficient (Wildman–Crippen LogP) is 2.58. The van der Waals surface area contributed by atoms with Crippen molar-refractivity contribution in [1.82, 2.24) is 4.90 Å². The van der Waals surface area contributed by atoms with Crippen molar-refractivity contribution in [1.29, 1.82) is 0 Å². The third kappa shape index (κ3) is 4.66. The summed E-state index contributed by atoms with van der Waals surface area (Å²) in [5, 5.41) is 3.43. The molecule has 0 bridgehead atoms. The van der Waals surface area contributed by atoms with Crippen LogP contribution >= 0.6 is 15.9 Å². The number of nitrogens with zero attached hydrogens (tertiary/aromatic N) is 1. The second-order valence-electron chi connectivity index (χ2n) is 4.24. The van der Waals surface area contributed by atoms with Gasteiger partial charge in [0.1, 0.15) is 0 Å². The average Bonchev–Trinajstić information content (AvgIpc) is 2.38. The van der Waals surface area contributed by atoms with E-state index in [9.17, 15) is 0 Å². The van der Waals surface area contributed by atoms with Gasteiger partial charge in [0.25, 0.3) is 0 Å². The quantitative estimate of drug-likeness (QED) is 0.846. The van der Waals surface area contributed by atoms with E-state index < -0.39 is 0 Å². The van der Waals surface area contributed by atoms with Crippen LogP contribution in [0.5, 0.6) is 0 Å². The summed E-state index contributed by atoms with van der Waals surface area (Å²) in [5.74, 6) is 0. The number of hydrogen-bond acceptors (Lipinski definition) is 3. The zero-order valence-corrected chi connectivity index (χ0v) is 11.6. The van der Waals surface area contributed by atoms with Crippen LogP contribution < -0.4 is 5.32 Å². The van der Waals surface area contributed by atoms with Crippen LogP contribution in [0.4, 0.5) is 5.69 Å². The number of morpholine rings is 1. The van der Waals surface area contributed by atoms with Gasteiger partial charge in [0.2, 0.25) is 0 Å². The van der Waals surface area contributed by atoms with E-state index in [0.29, 0.717) is 0 Å². The summed E-state index contributed by atoms with van der Waals surface area (Å²) in [5.41, 5.74) is 1.19. The van der Waals surface area contributed by atoms with E-state index in [-0.39, 0.29) is 0 Å². The van der Waals surface area contributed by atoms with Crippen LogP contribution in [-0.2, 0) is 4.74 Å². The number of anilines is 1. The molecule has 1 heterocycles. The van der Waals surface area contributed by atoms with Gasteiger partial charge < -0.3 is 10.1 Å². The highest BCUT2D eigenvalue weighted by molar-refractivity contribution is 9.10. The van der Waals surface area contributed by atoms with Crippen molar-refractivity contribution in [3.8, 4) is 0 Å². The molecule has 0 aliphatic carbocycles. The van der Waals surface area contributed by atoms with Crippen LogP contribution in [0.25, 0.3) is 0 Å². The van der Waals surface area contributed by atoms with Gasteiger partial charge in [-0.05, 0) is 37.2 Å². The minimum atomic E-state index is 0.889. The maximum atomic E-state index is 5.32. The van der Waals surface area contributed by atoms with E-state index in [4.69, 9.17) is 4.74 Å². The Balaban J connectivity index is 1.60. The molecule has 1 aromatic carbocycles. The average molecular weight is 299 g/mol. The number of benzene rings is 1. The molecule has 0 spiro atoms. The highest BCUT2D eigenvalue weighted by Gasteiger charge is 2.08. The highest BCUT2D eigenvalue weighted by atomic mass is 79.9. The molecule has 0 unspecified atom stereocenters. The van der Waals surface area contributed by atoms with Crippen LogP contribution in [-0.4, -0.2) is 44.3 Å². The molecule has 0 aromatic heterocycles. The van der Waals surface area contributed by atoms with Gasteiger partial charge in [-0.15, -0.1) is 0 Å². The normalized spacial score (nSPS) is 17.0. The monoisotopic (exact) mass is 298 g/mol. The molecular formula is C13H19BrN2O. The Bertz CT molecular complexity index is 323. The van der Waals surface area contributed by atoms with Crippen molar-refractivity contribution in [3.63, 3.8) is 0 Å². The second kappa shape index (κ2) is 6.99. The number of hydrogen-bond donors (Lipinski definition) is 1. The third-order valence-corrected chi connectivity index (χ3v) is 3.46. The molecule has 0 amide bonds. The first-order chi connectivity index (χ1) is 8.34. The predicted molar refractivity (Wildman–Crippen MR) is 74.5 cm³/mol. The Kier molecular flexibility index (Phi) is 5.29. The lowest BCUT2D eigenvalue weighted by Gasteiger charge is -2.26. The SMILES string of the molecule is Brc1ccc(NCCCN2CCOCC2)cc1. The molecular weight excluding hydrogens is 280 g/mol. The molecule has 0 radical (unpaired) electrons. The Labute approximate surface area is 111 Å². The lowest BCUT2D eigenvalue weighted by Crippen LogP contribution is -2.37. The van der Waals surface area contributed by atoms with Crippen molar-refractivity contribution < 1.29 is 4.74 Å². The fourth-order valence-electron chi connectivity index (χ4n) is 1.93. The van der Waals surface area contributed by atoms with E-state index >= 15 is 0 Å². The first kappa shape index (κ1) is 12.9. The van der Waals surface area contributed by atoms with Gasteiger partial charge in [0.15, 0.2) is 0 Å². The van der Waals surface area contributed by atoms with Gasteiger partial charge in [-0.2, -0.15) is 0 Å². The molecule has 3 nitrogen and oxygen atoms in total. The molecule has 1 aromatic rings. The van der Waals surface area contributed by atoms with Gasteiger partial charge in [-0.25, -0.2) is 0 Å². The minimum Gasteiger partial charge on any atom is -0.385 e. The van der Waals surface area contributed by atoms with Crippen molar-refractivity contribution in [2.24, 2.45) is 0 Å². The van der Waals surface area contributed by atoms with Gasteiger partial charge in [0.05, 0.1) is 13.2 Å². The molecule has 1 fully saturated rings. The van der Waals surface area contributed by atoms with Crippen LogP contribution in [0.1, 0.15) is 6.42 Å². The smallest absolute Gasteiger partial charge is 0.0594 e. The van der Waals surface area contributed by atoms with E-state index in [1.54, 1.807) is 0 Å². The first-order valence-corrected chi connectivity index (χ1v) is 6.93. The summed E-state index contributed by atoms with van der Waals surface area (Å²) in [6.07, 6.45) is 1.18. The summed E-state index contributed by atoms with van der Waals surface area (Å²) < 4.78 is 6.45. The molecule has 17 heavy (non-hydrogen) atoms. The Morgan fingerprint density at radius 1 is 1.18 bits per heavy atom. The van der Waals surface area contributed by atoms with E-state index in [1.165, 1.54) is 12.1 Å². The highest BCUT2D eigenvalue weighted by Crippen LogP contribution is 2.13. The molecule has 1 saturated heterocycles. The standard InChI is InChI=1S/C13H19BrN2O/c14-12-2-4-13(5-3-12)15-6-1-7-16-8-10-17-11-9-16/h2-5,15H,1,6-11H2. The number of ether oxygens (including phenoxy) is 1. The van der Waals surface area contributed by atoms with Gasteiger partial charge in [-0.1, -0.05) is 15.9 Å². The zero-order chi connectivity index (χ0) is 11.9. The molecule has 1 aliphatic heterocycles. The Morgan fingerprint density at radius 2 is 1.88 bits per heavy atom. The van der Waals surface area contributed by atoms with Crippen LogP contribution in [0.3, 0.4) is 0 Å². The fourth-order valence-corrected chi connectivity index (χ4v) is 2.19. The first-order valence-electron chi connectivity index (χ1n) is 6.14. The maximum absolute atomic E-state index is 5.32. The lowest BCUT2D eigenvalue weighted by molar-refractivity contribution is 0.0378. The zero-order valence-electron chi connectivity index (χ0n) is 9.99. The molecule has 0 saturated carbocycles. The van der Waals surface area contributed by atoms with E-state index in [1.807, 2.05) is 0 Å². The summed E-state index contributed by atoms with van der Waals surface area (Å²) in [6.45, 7) is 6.13. The number of nitrogens with one attached hydrogen (secondary N) is 1. The summed E-state index contributed by atoms with van der Waals surface area (Å²) >= 11 is 3.43. The molecule has 4 heteroatoms. The third-order valence-electron chi connectivity index (χ3n) is 2.93. The van der Waals surface area contributed by atoms with Gasteiger partial charge >= 0.3 is 0 Å². The van der Waals surface area contributed by atoms with Crippen molar-refractivity contribution in [2.45, 2.75) is 6.42 Å². The fraction of sp³-hybridized carbons (Fsp3) is 0.538. The molecule has 1 N–H and O–H groups in total. The Morgan fingerprint density at radius 3 is 2.59 bits per heavy atom. The van der Waals surface area contributed by atoms with Crippen LogP contribution in [0.15, 0.2) is 28.7 Å². The van der Waals surface area contributed by atoms with Gasteiger partial charge in [-0.3, -0.25) is 4.90 Å². The number of rotatable bonds is 5. The van der Waals surface area contributed by atoms with Crippen molar-refractivity contribution in [3.05, 3.63) is 28.7 Å². The van der Waals surface area contributed by atoms with E-state index in [2.05, 4.69) is 50.4 Å². The Hall–Kier alpha value is -0.580. The topological polar surface area (TPSA) is 24.5 Å². The minimum absolute atomic E-state index is 0.889. The molecule has 94 valence electrons. The maximum Gasteiger partial charge on any atom is 0.0594 e. The largest absolute Gasteiger partial charge is 0.385 e. The lowest BCUT2D eigenvalue weighted by atomic mass is 10.3. The van der Waals surface area contributed by atoms with E-state index in [0.717, 1.165) is 43.9 Å². The van der Waals surface area contributed by atoms with Crippen molar-refractivity contribution in [2.75, 3.05) is 44.7 Å². The van der Waals surface area contributed by atoms with Crippen LogP contribution in [0.2, 0.25) is 0 Å². The van der Waals surface area contributed by atoms with Gasteiger partial charge in [0, 0.05) is 29.8 Å². The summed E-state index contributed by atoms with van der Waals surface area (Å²) in [7, 11) is 0. The second-order valence-corrected chi connectivity index (χ2v) is 5.16. The molecule has 2 rings (SSSR count). The summed E-state index contributed by atoms with van der Waals surface area (Å²) in [6, 6.07) is 8.31. The number of halogens is 1. The summed E-state index contributed by atoms with van der Waals surface area (Å²) in [4.78, 5) is 2.47. The van der Waals surface area contributed by atoms with Crippen molar-refractivity contribution >= 4 is 21.6 Å². The van der Waals surface area contributed by atoms with Crippen LogP contribution in [0, 0.1) is 0 Å². The molecule has 1 aliphatic rings. The molecule has 0 atom stereocenters.